The molecule has 2 fully saturated rings. The van der Waals surface area contributed by atoms with E-state index in [1.807, 2.05) is 30.6 Å². The van der Waals surface area contributed by atoms with Crippen LogP contribution in [0, 0.1) is 5.92 Å². The molecule has 0 atom stereocenters. The fraction of sp³-hybridized carbons (Fsp3) is 0.750. The zero-order valence-corrected chi connectivity index (χ0v) is 13.9. The topological polar surface area (TPSA) is 27.7 Å². The lowest BCUT2D eigenvalue weighted by atomic mass is 9.87. The maximum atomic E-state index is 12.1. The molecule has 7 heteroatoms. The lowest BCUT2D eigenvalue weighted by molar-refractivity contribution is -0.345. The van der Waals surface area contributed by atoms with Gasteiger partial charge in [0.05, 0.1) is 24.6 Å². The standard InChI is InChI=1S/C16H23F3O3S/c1-23-14-10-20-15(21-11-14)5-3-2-4-12-6-8-13(9-7-12)22-16(17,18)19/h2-5,12-15H,6-11H2,1H3/b4-2+,5-3+. The van der Waals surface area contributed by atoms with Gasteiger partial charge >= 0.3 is 6.36 Å². The summed E-state index contributed by atoms with van der Waals surface area (Å²) < 4.78 is 51.6. The van der Waals surface area contributed by atoms with Crippen molar-refractivity contribution in [2.24, 2.45) is 5.92 Å². The summed E-state index contributed by atoms with van der Waals surface area (Å²) in [6, 6.07) is 0. The van der Waals surface area contributed by atoms with E-state index in [2.05, 4.69) is 4.74 Å². The van der Waals surface area contributed by atoms with Gasteiger partial charge in [-0.15, -0.1) is 13.2 Å². The summed E-state index contributed by atoms with van der Waals surface area (Å²) in [4.78, 5) is 0. The van der Waals surface area contributed by atoms with Crippen LogP contribution in [0.4, 0.5) is 13.2 Å². The van der Waals surface area contributed by atoms with Gasteiger partial charge in [0.15, 0.2) is 6.29 Å². The van der Waals surface area contributed by atoms with Crippen LogP contribution >= 0.6 is 11.8 Å². The predicted molar refractivity (Wildman–Crippen MR) is 84.2 cm³/mol. The van der Waals surface area contributed by atoms with Gasteiger partial charge in [-0.25, -0.2) is 0 Å². The van der Waals surface area contributed by atoms with Crippen LogP contribution in [0.5, 0.6) is 0 Å². The molecule has 0 aromatic rings. The average Bonchev–Trinajstić information content (AvgIpc) is 2.52. The van der Waals surface area contributed by atoms with Gasteiger partial charge in [0, 0.05) is 0 Å². The van der Waals surface area contributed by atoms with Gasteiger partial charge in [-0.05, 0) is 43.9 Å². The molecule has 3 nitrogen and oxygen atoms in total. The number of halogens is 3. The van der Waals surface area contributed by atoms with Crippen LogP contribution in [0.3, 0.4) is 0 Å². The van der Waals surface area contributed by atoms with Gasteiger partial charge in [0.2, 0.25) is 0 Å². The van der Waals surface area contributed by atoms with Gasteiger partial charge < -0.3 is 9.47 Å². The van der Waals surface area contributed by atoms with E-state index in [0.717, 1.165) is 12.8 Å². The first-order chi connectivity index (χ1) is 11.0. The summed E-state index contributed by atoms with van der Waals surface area (Å²) in [5, 5.41) is 0.393. The van der Waals surface area contributed by atoms with Crippen LogP contribution in [0.1, 0.15) is 25.7 Å². The molecule has 23 heavy (non-hydrogen) atoms. The van der Waals surface area contributed by atoms with E-state index in [-0.39, 0.29) is 6.29 Å². The van der Waals surface area contributed by atoms with Crippen molar-refractivity contribution >= 4 is 11.8 Å². The zero-order chi connectivity index (χ0) is 16.7. The van der Waals surface area contributed by atoms with Gasteiger partial charge in [0.25, 0.3) is 0 Å². The Hall–Kier alpha value is -0.500. The monoisotopic (exact) mass is 352 g/mol. The Morgan fingerprint density at radius 3 is 2.17 bits per heavy atom. The first kappa shape index (κ1) is 18.8. The molecule has 2 rings (SSSR count). The lowest BCUT2D eigenvalue weighted by Crippen LogP contribution is -2.32. The summed E-state index contributed by atoms with van der Waals surface area (Å²) in [5.74, 6) is 0.307. The van der Waals surface area contributed by atoms with Gasteiger partial charge in [-0.1, -0.05) is 18.2 Å². The molecule has 1 heterocycles. The number of hydrogen-bond acceptors (Lipinski definition) is 4. The third-order valence-corrected chi connectivity index (χ3v) is 4.95. The number of hydrogen-bond donors (Lipinski definition) is 0. The Bertz CT molecular complexity index is 396. The van der Waals surface area contributed by atoms with Crippen molar-refractivity contribution in [3.05, 3.63) is 24.3 Å². The van der Waals surface area contributed by atoms with E-state index in [1.54, 1.807) is 11.8 Å². The number of rotatable bonds is 5. The number of alkyl halides is 3. The summed E-state index contributed by atoms with van der Waals surface area (Å²) in [7, 11) is 0. The maximum absolute atomic E-state index is 12.1. The second-order valence-electron chi connectivity index (χ2n) is 5.76. The van der Waals surface area contributed by atoms with E-state index in [1.165, 1.54) is 0 Å². The molecular formula is C16H23F3O3S. The second kappa shape index (κ2) is 9.11. The highest BCUT2D eigenvalue weighted by atomic mass is 32.2. The summed E-state index contributed by atoms with van der Waals surface area (Å²) in [6.45, 7) is 1.37. The maximum Gasteiger partial charge on any atom is 0.522 e. The summed E-state index contributed by atoms with van der Waals surface area (Å²) in [5.41, 5.74) is 0. The van der Waals surface area contributed by atoms with E-state index in [9.17, 15) is 13.2 Å². The first-order valence-corrected chi connectivity index (χ1v) is 9.10. The van der Waals surface area contributed by atoms with Crippen molar-refractivity contribution < 1.29 is 27.4 Å². The molecular weight excluding hydrogens is 329 g/mol. The van der Waals surface area contributed by atoms with Crippen molar-refractivity contribution in [2.45, 2.75) is 49.7 Å². The third kappa shape index (κ3) is 7.28. The fourth-order valence-corrected chi connectivity index (χ4v) is 3.14. The minimum atomic E-state index is -4.52. The summed E-state index contributed by atoms with van der Waals surface area (Å²) >= 11 is 1.73. The minimum absolute atomic E-state index is 0.307. The molecule has 0 bridgehead atoms. The normalized spacial score (nSPS) is 33.6. The number of allylic oxidation sites excluding steroid dienone is 3. The van der Waals surface area contributed by atoms with Crippen LogP contribution in [0.15, 0.2) is 24.3 Å². The van der Waals surface area contributed by atoms with Crippen LogP contribution in [-0.2, 0) is 14.2 Å². The lowest BCUT2D eigenvalue weighted by Gasteiger charge is -2.27. The second-order valence-corrected chi connectivity index (χ2v) is 6.90. The Balaban J connectivity index is 1.64. The molecule has 1 saturated carbocycles. The third-order valence-electron chi connectivity index (χ3n) is 4.01. The molecule has 0 radical (unpaired) electrons. The van der Waals surface area contributed by atoms with Crippen molar-refractivity contribution in [1.82, 2.24) is 0 Å². The van der Waals surface area contributed by atoms with Crippen LogP contribution < -0.4 is 0 Å². The Morgan fingerprint density at radius 1 is 1.00 bits per heavy atom. The molecule has 0 unspecified atom stereocenters. The SMILES string of the molecule is CSC1COC(/C=C/C=C/C2CCC(OC(F)(F)F)CC2)OC1. The van der Waals surface area contributed by atoms with Crippen molar-refractivity contribution in [1.29, 1.82) is 0 Å². The fourth-order valence-electron chi connectivity index (χ4n) is 2.71. The Morgan fingerprint density at radius 2 is 1.61 bits per heavy atom. The largest absolute Gasteiger partial charge is 0.522 e. The first-order valence-electron chi connectivity index (χ1n) is 7.82. The Kier molecular flexibility index (Phi) is 7.46. The van der Waals surface area contributed by atoms with Crippen molar-refractivity contribution in [3.8, 4) is 0 Å². The number of thioether (sulfide) groups is 1. The minimum Gasteiger partial charge on any atom is -0.348 e. The van der Waals surface area contributed by atoms with Crippen molar-refractivity contribution in [3.63, 3.8) is 0 Å². The van der Waals surface area contributed by atoms with E-state index < -0.39 is 12.5 Å². The molecule has 1 saturated heterocycles. The molecule has 0 spiro atoms. The van der Waals surface area contributed by atoms with E-state index in [4.69, 9.17) is 9.47 Å². The van der Waals surface area contributed by atoms with E-state index in [0.29, 0.717) is 37.2 Å². The molecule has 2 aliphatic rings. The summed E-state index contributed by atoms with van der Waals surface area (Å²) in [6.07, 6.45) is 6.53. The van der Waals surface area contributed by atoms with Crippen LogP contribution in [-0.4, -0.2) is 43.5 Å². The smallest absolute Gasteiger partial charge is 0.348 e. The molecule has 0 aromatic carbocycles. The highest BCUT2D eigenvalue weighted by Gasteiger charge is 2.34. The molecule has 0 N–H and O–H groups in total. The highest BCUT2D eigenvalue weighted by Crippen LogP contribution is 2.31. The molecule has 1 aliphatic carbocycles. The molecule has 1 aliphatic heterocycles. The van der Waals surface area contributed by atoms with Crippen LogP contribution in [0.25, 0.3) is 0 Å². The quantitative estimate of drug-likeness (QED) is 0.690. The predicted octanol–water partition coefficient (Wildman–Crippen LogP) is 4.30. The number of ether oxygens (including phenoxy) is 3. The molecule has 0 amide bonds. The van der Waals surface area contributed by atoms with Gasteiger partial charge in [-0.2, -0.15) is 11.8 Å². The van der Waals surface area contributed by atoms with Crippen molar-refractivity contribution in [2.75, 3.05) is 19.5 Å². The molecule has 0 aromatic heterocycles. The van der Waals surface area contributed by atoms with E-state index >= 15 is 0 Å². The van der Waals surface area contributed by atoms with Crippen LogP contribution in [0.2, 0.25) is 0 Å². The molecule has 132 valence electrons. The Labute approximate surface area is 139 Å². The zero-order valence-electron chi connectivity index (χ0n) is 13.1. The van der Waals surface area contributed by atoms with Gasteiger partial charge in [-0.3, -0.25) is 4.74 Å². The van der Waals surface area contributed by atoms with Gasteiger partial charge in [0.1, 0.15) is 0 Å². The highest BCUT2D eigenvalue weighted by molar-refractivity contribution is 7.99. The average molecular weight is 352 g/mol.